The lowest BCUT2D eigenvalue weighted by molar-refractivity contribution is 0.0505. The van der Waals surface area contributed by atoms with Gasteiger partial charge in [-0.25, -0.2) is 4.79 Å². The number of methoxy groups -OCH3 is 1. The van der Waals surface area contributed by atoms with E-state index in [1.807, 2.05) is 42.2 Å². The molecule has 2 atom stereocenters. The zero-order valence-corrected chi connectivity index (χ0v) is 20.8. The Kier molecular flexibility index (Phi) is 5.79. The first-order valence-corrected chi connectivity index (χ1v) is 12.9. The Morgan fingerprint density at radius 3 is 2.11 bits per heavy atom. The summed E-state index contributed by atoms with van der Waals surface area (Å²) in [5, 5.41) is 0. The van der Waals surface area contributed by atoms with Gasteiger partial charge >= 0.3 is 6.09 Å². The molecule has 3 aromatic carbocycles. The number of carbonyl (C=O) groups excluding carboxylic acids is 2. The van der Waals surface area contributed by atoms with Crippen LogP contribution in [-0.4, -0.2) is 42.6 Å². The van der Waals surface area contributed by atoms with Crippen molar-refractivity contribution in [3.05, 3.63) is 89.0 Å². The second kappa shape index (κ2) is 9.12. The molecule has 5 heteroatoms. The fourth-order valence-electron chi connectivity index (χ4n) is 6.57. The monoisotopic (exact) mass is 481 g/mol. The molecule has 2 unspecified atom stereocenters. The highest BCUT2D eigenvalue weighted by atomic mass is 16.6. The van der Waals surface area contributed by atoms with Crippen molar-refractivity contribution in [3.8, 4) is 16.9 Å². The molecule has 6 rings (SSSR count). The molecule has 2 fully saturated rings. The molecular weight excluding hydrogens is 450 g/mol. The van der Waals surface area contributed by atoms with Crippen molar-refractivity contribution in [2.45, 2.75) is 50.6 Å². The van der Waals surface area contributed by atoms with Crippen LogP contribution < -0.4 is 4.74 Å². The predicted molar refractivity (Wildman–Crippen MR) is 139 cm³/mol. The first-order chi connectivity index (χ1) is 17.5. The van der Waals surface area contributed by atoms with Crippen molar-refractivity contribution in [1.29, 1.82) is 0 Å². The summed E-state index contributed by atoms with van der Waals surface area (Å²) in [5.74, 6) is 0.832. The number of piperidine rings is 1. The van der Waals surface area contributed by atoms with Crippen LogP contribution in [0.4, 0.5) is 4.79 Å². The van der Waals surface area contributed by atoms with E-state index in [0.717, 1.165) is 24.0 Å². The number of hydrogen-bond acceptors (Lipinski definition) is 4. The van der Waals surface area contributed by atoms with Crippen LogP contribution >= 0.6 is 0 Å². The second-order valence-electron chi connectivity index (χ2n) is 10.3. The SMILES string of the molecule is COc1ccc(C)c(C(=O)C2CC3CCC(C2)N3C(=O)OCC2c3ccccc3-c3ccccc32)c1. The van der Waals surface area contributed by atoms with Crippen molar-refractivity contribution >= 4 is 11.9 Å². The van der Waals surface area contributed by atoms with E-state index in [0.29, 0.717) is 25.2 Å². The molecule has 5 nitrogen and oxygen atoms in total. The molecule has 0 aromatic heterocycles. The van der Waals surface area contributed by atoms with Crippen LogP contribution in [0.25, 0.3) is 11.1 Å². The summed E-state index contributed by atoms with van der Waals surface area (Å²) in [5.41, 5.74) is 6.57. The van der Waals surface area contributed by atoms with E-state index in [4.69, 9.17) is 9.47 Å². The number of rotatable bonds is 5. The van der Waals surface area contributed by atoms with Crippen molar-refractivity contribution in [3.63, 3.8) is 0 Å². The van der Waals surface area contributed by atoms with Gasteiger partial charge in [0.25, 0.3) is 0 Å². The van der Waals surface area contributed by atoms with Gasteiger partial charge in [0, 0.05) is 29.5 Å². The molecular formula is C31H31NO4. The van der Waals surface area contributed by atoms with Crippen LogP contribution in [0.15, 0.2) is 66.7 Å². The predicted octanol–water partition coefficient (Wildman–Crippen LogP) is 6.38. The molecule has 1 amide bonds. The van der Waals surface area contributed by atoms with E-state index in [2.05, 4.69) is 36.4 Å². The van der Waals surface area contributed by atoms with Gasteiger partial charge in [-0.05, 0) is 72.6 Å². The van der Waals surface area contributed by atoms with E-state index in [1.54, 1.807) is 7.11 Å². The normalized spacial score (nSPS) is 22.2. The van der Waals surface area contributed by atoms with Crippen molar-refractivity contribution in [1.82, 2.24) is 4.90 Å². The maximum Gasteiger partial charge on any atom is 0.410 e. The molecule has 2 saturated heterocycles. The number of carbonyl (C=O) groups is 2. The summed E-state index contributed by atoms with van der Waals surface area (Å²) >= 11 is 0. The number of benzene rings is 3. The molecule has 0 saturated carbocycles. The molecule has 36 heavy (non-hydrogen) atoms. The largest absolute Gasteiger partial charge is 0.497 e. The van der Waals surface area contributed by atoms with Crippen molar-refractivity contribution in [2.24, 2.45) is 5.92 Å². The Morgan fingerprint density at radius 2 is 1.50 bits per heavy atom. The first kappa shape index (κ1) is 22.8. The zero-order chi connectivity index (χ0) is 24.8. The topological polar surface area (TPSA) is 55.8 Å². The molecule has 0 N–H and O–H groups in total. The highest BCUT2D eigenvalue weighted by Crippen LogP contribution is 2.45. The summed E-state index contributed by atoms with van der Waals surface area (Å²) in [6.07, 6.45) is 2.99. The molecule has 2 aliphatic heterocycles. The molecule has 3 aromatic rings. The molecule has 0 radical (unpaired) electrons. The van der Waals surface area contributed by atoms with Gasteiger partial charge in [-0.1, -0.05) is 54.6 Å². The lowest BCUT2D eigenvalue weighted by Crippen LogP contribution is -2.48. The molecule has 2 bridgehead atoms. The lowest BCUT2D eigenvalue weighted by Gasteiger charge is -2.38. The number of aryl methyl sites for hydroxylation is 1. The van der Waals surface area contributed by atoms with Crippen LogP contribution in [0.3, 0.4) is 0 Å². The number of Topliss-reactive ketones (excluding diaryl/α,β-unsaturated/α-hetero) is 1. The van der Waals surface area contributed by atoms with Crippen molar-refractivity contribution < 1.29 is 19.1 Å². The molecule has 2 heterocycles. The summed E-state index contributed by atoms with van der Waals surface area (Å²) in [6, 6.07) is 22.5. The van der Waals surface area contributed by atoms with Gasteiger partial charge in [0.1, 0.15) is 12.4 Å². The van der Waals surface area contributed by atoms with E-state index >= 15 is 0 Å². The summed E-state index contributed by atoms with van der Waals surface area (Å²) in [7, 11) is 1.62. The van der Waals surface area contributed by atoms with Gasteiger partial charge in [-0.2, -0.15) is 0 Å². The molecule has 3 aliphatic rings. The minimum absolute atomic E-state index is 0.0501. The smallest absolute Gasteiger partial charge is 0.410 e. The Labute approximate surface area is 212 Å². The van der Waals surface area contributed by atoms with Crippen LogP contribution in [0.2, 0.25) is 0 Å². The highest BCUT2D eigenvalue weighted by molar-refractivity contribution is 5.99. The summed E-state index contributed by atoms with van der Waals surface area (Å²) in [4.78, 5) is 28.7. The third-order valence-electron chi connectivity index (χ3n) is 8.36. The van der Waals surface area contributed by atoms with Gasteiger partial charge in [0.05, 0.1) is 7.11 Å². The quantitative estimate of drug-likeness (QED) is 0.397. The van der Waals surface area contributed by atoms with E-state index < -0.39 is 0 Å². The van der Waals surface area contributed by atoms with Gasteiger partial charge in [-0.15, -0.1) is 0 Å². The number of ether oxygens (including phenoxy) is 2. The van der Waals surface area contributed by atoms with E-state index in [9.17, 15) is 9.59 Å². The molecule has 184 valence electrons. The van der Waals surface area contributed by atoms with Gasteiger partial charge in [0.2, 0.25) is 0 Å². The van der Waals surface area contributed by atoms with Gasteiger partial charge in [-0.3, -0.25) is 4.79 Å². The van der Waals surface area contributed by atoms with Crippen LogP contribution in [0.1, 0.15) is 58.6 Å². The maximum atomic E-state index is 13.4. The van der Waals surface area contributed by atoms with E-state index in [-0.39, 0.29) is 35.8 Å². The second-order valence-corrected chi connectivity index (χ2v) is 10.3. The number of hydrogen-bond donors (Lipinski definition) is 0. The number of fused-ring (bicyclic) bond motifs is 5. The Morgan fingerprint density at radius 1 is 0.889 bits per heavy atom. The van der Waals surface area contributed by atoms with Crippen molar-refractivity contribution in [2.75, 3.05) is 13.7 Å². The van der Waals surface area contributed by atoms with Crippen LogP contribution in [0, 0.1) is 12.8 Å². The molecule has 1 aliphatic carbocycles. The number of ketones is 1. The van der Waals surface area contributed by atoms with Crippen LogP contribution in [-0.2, 0) is 4.74 Å². The zero-order valence-electron chi connectivity index (χ0n) is 20.8. The third-order valence-corrected chi connectivity index (χ3v) is 8.36. The lowest BCUT2D eigenvalue weighted by atomic mass is 9.84. The minimum Gasteiger partial charge on any atom is -0.497 e. The summed E-state index contributed by atoms with van der Waals surface area (Å²) in [6.45, 7) is 2.29. The minimum atomic E-state index is -0.243. The van der Waals surface area contributed by atoms with E-state index in [1.165, 1.54) is 22.3 Å². The Hall–Kier alpha value is -3.60. The number of nitrogens with zero attached hydrogens (tertiary/aromatic N) is 1. The highest BCUT2D eigenvalue weighted by Gasteiger charge is 2.46. The first-order valence-electron chi connectivity index (χ1n) is 12.9. The summed E-state index contributed by atoms with van der Waals surface area (Å²) < 4.78 is 11.3. The third kappa shape index (κ3) is 3.78. The maximum absolute atomic E-state index is 13.4. The average molecular weight is 482 g/mol. The Balaban J connectivity index is 1.15. The standard InChI is InChI=1S/C31H31NO4/c1-19-11-14-23(35-2)17-28(19)30(33)20-15-21-12-13-22(16-20)32(21)31(34)36-18-29-26-9-5-3-7-24(26)25-8-4-6-10-27(25)29/h3-11,14,17,20-22,29H,12-13,15-16,18H2,1-2H3. The fourth-order valence-corrected chi connectivity index (χ4v) is 6.57. The van der Waals surface area contributed by atoms with Gasteiger partial charge in [0.15, 0.2) is 5.78 Å². The van der Waals surface area contributed by atoms with Gasteiger partial charge < -0.3 is 14.4 Å². The average Bonchev–Trinajstić information content (AvgIpc) is 3.37. The van der Waals surface area contributed by atoms with Crippen LogP contribution in [0.5, 0.6) is 5.75 Å². The number of amides is 1. The fraction of sp³-hybridized carbons (Fsp3) is 0.355. The Bertz CT molecular complexity index is 1270. The molecule has 0 spiro atoms.